The second-order valence-corrected chi connectivity index (χ2v) is 3.54. The van der Waals surface area contributed by atoms with Gasteiger partial charge in [0, 0.05) is 12.8 Å². The molecule has 0 amide bonds. The van der Waals surface area contributed by atoms with Gasteiger partial charge < -0.3 is 9.84 Å². The Morgan fingerprint density at radius 1 is 1.36 bits per heavy atom. The predicted molar refractivity (Wildman–Crippen MR) is 51.8 cm³/mol. The van der Waals surface area contributed by atoms with Crippen LogP contribution in [-0.2, 0) is 14.3 Å². The lowest BCUT2D eigenvalue weighted by atomic mass is 9.89. The zero-order valence-electron chi connectivity index (χ0n) is 9.11. The van der Waals surface area contributed by atoms with Gasteiger partial charge in [-0.3, -0.25) is 9.59 Å². The summed E-state index contributed by atoms with van der Waals surface area (Å²) >= 11 is 0. The van der Waals surface area contributed by atoms with E-state index in [1.165, 1.54) is 6.92 Å². The fraction of sp³-hybridized carbons (Fsp3) is 0.800. The molecular formula is C10H18O4. The second kappa shape index (κ2) is 5.62. The average molecular weight is 202 g/mol. The van der Waals surface area contributed by atoms with Crippen molar-refractivity contribution < 1.29 is 19.4 Å². The van der Waals surface area contributed by atoms with Crippen molar-refractivity contribution in [1.82, 2.24) is 0 Å². The molecule has 0 rings (SSSR count). The molecule has 14 heavy (non-hydrogen) atoms. The number of hydrogen-bond donors (Lipinski definition) is 1. The molecule has 0 radical (unpaired) electrons. The number of hydrogen-bond acceptors (Lipinski definition) is 3. The lowest BCUT2D eigenvalue weighted by Gasteiger charge is -2.25. The van der Waals surface area contributed by atoms with Crippen LogP contribution in [0.3, 0.4) is 0 Å². The molecule has 0 spiro atoms. The second-order valence-electron chi connectivity index (χ2n) is 3.54. The van der Waals surface area contributed by atoms with Crippen LogP contribution in [0.5, 0.6) is 0 Å². The lowest BCUT2D eigenvalue weighted by Crippen LogP contribution is -2.31. The molecule has 0 aromatic heterocycles. The van der Waals surface area contributed by atoms with Gasteiger partial charge in [-0.1, -0.05) is 20.8 Å². The van der Waals surface area contributed by atoms with Crippen molar-refractivity contribution in [2.45, 2.75) is 40.2 Å². The standard InChI is InChI=1S/C10H18O4/c1-5-9(14-8(4)11)6(2)7(3)10(12)13/h6-7,9H,5H2,1-4H3,(H,12,13). The largest absolute Gasteiger partial charge is 0.481 e. The van der Waals surface area contributed by atoms with E-state index in [-0.39, 0.29) is 18.0 Å². The molecule has 0 heterocycles. The molecule has 0 aliphatic rings. The topological polar surface area (TPSA) is 63.6 Å². The highest BCUT2D eigenvalue weighted by atomic mass is 16.5. The van der Waals surface area contributed by atoms with Crippen LogP contribution in [0.1, 0.15) is 34.1 Å². The van der Waals surface area contributed by atoms with Gasteiger partial charge in [-0.2, -0.15) is 0 Å². The van der Waals surface area contributed by atoms with E-state index in [4.69, 9.17) is 9.84 Å². The van der Waals surface area contributed by atoms with Crippen LogP contribution in [0.25, 0.3) is 0 Å². The van der Waals surface area contributed by atoms with Crippen LogP contribution < -0.4 is 0 Å². The number of carbonyl (C=O) groups excluding carboxylic acids is 1. The first-order valence-corrected chi connectivity index (χ1v) is 4.80. The van der Waals surface area contributed by atoms with Gasteiger partial charge in [-0.05, 0) is 6.42 Å². The van der Waals surface area contributed by atoms with Crippen LogP contribution in [0.15, 0.2) is 0 Å². The maximum absolute atomic E-state index is 10.7. The van der Waals surface area contributed by atoms with Crippen molar-refractivity contribution in [2.75, 3.05) is 0 Å². The third kappa shape index (κ3) is 3.77. The molecule has 4 nitrogen and oxygen atoms in total. The first-order valence-electron chi connectivity index (χ1n) is 4.80. The normalized spacial score (nSPS) is 16.9. The Bertz CT molecular complexity index is 212. The van der Waals surface area contributed by atoms with Gasteiger partial charge in [0.05, 0.1) is 5.92 Å². The maximum Gasteiger partial charge on any atom is 0.306 e. The number of carboxylic acids is 1. The minimum absolute atomic E-state index is 0.165. The van der Waals surface area contributed by atoms with Crippen LogP contribution >= 0.6 is 0 Å². The van der Waals surface area contributed by atoms with E-state index >= 15 is 0 Å². The van der Waals surface area contributed by atoms with E-state index in [2.05, 4.69) is 0 Å². The molecule has 3 atom stereocenters. The quantitative estimate of drug-likeness (QED) is 0.689. The van der Waals surface area contributed by atoms with Crippen molar-refractivity contribution in [3.8, 4) is 0 Å². The summed E-state index contributed by atoms with van der Waals surface area (Å²) in [6.07, 6.45) is 0.330. The number of rotatable bonds is 5. The van der Waals surface area contributed by atoms with Crippen LogP contribution in [0.4, 0.5) is 0 Å². The minimum Gasteiger partial charge on any atom is -0.481 e. The smallest absolute Gasteiger partial charge is 0.306 e. The molecular weight excluding hydrogens is 184 g/mol. The molecule has 0 saturated heterocycles. The SMILES string of the molecule is CCC(OC(C)=O)C(C)C(C)C(=O)O. The van der Waals surface area contributed by atoms with Crippen molar-refractivity contribution in [3.05, 3.63) is 0 Å². The third-order valence-corrected chi connectivity index (χ3v) is 2.48. The third-order valence-electron chi connectivity index (χ3n) is 2.48. The Kier molecular flexibility index (Phi) is 5.20. The van der Waals surface area contributed by atoms with Gasteiger partial charge in [-0.15, -0.1) is 0 Å². The molecule has 0 fully saturated rings. The first-order chi connectivity index (χ1) is 6.40. The Morgan fingerprint density at radius 2 is 1.86 bits per heavy atom. The summed E-state index contributed by atoms with van der Waals surface area (Å²) in [5, 5.41) is 8.79. The summed E-state index contributed by atoms with van der Waals surface area (Å²) in [7, 11) is 0. The summed E-state index contributed by atoms with van der Waals surface area (Å²) < 4.78 is 5.03. The Hall–Kier alpha value is -1.06. The van der Waals surface area contributed by atoms with E-state index < -0.39 is 11.9 Å². The number of esters is 1. The molecule has 3 unspecified atom stereocenters. The molecule has 0 aromatic rings. The molecule has 0 bridgehead atoms. The number of carbonyl (C=O) groups is 2. The van der Waals surface area contributed by atoms with Gasteiger partial charge in [0.25, 0.3) is 0 Å². The fourth-order valence-corrected chi connectivity index (χ4v) is 1.32. The van der Waals surface area contributed by atoms with E-state index in [1.54, 1.807) is 13.8 Å². The van der Waals surface area contributed by atoms with Crippen LogP contribution in [0, 0.1) is 11.8 Å². The molecule has 0 saturated carbocycles. The van der Waals surface area contributed by atoms with E-state index in [9.17, 15) is 9.59 Å². The monoisotopic (exact) mass is 202 g/mol. The van der Waals surface area contributed by atoms with Gasteiger partial charge in [0.2, 0.25) is 0 Å². The number of ether oxygens (including phenoxy) is 1. The van der Waals surface area contributed by atoms with E-state index in [0.717, 1.165) is 0 Å². The van der Waals surface area contributed by atoms with Crippen LogP contribution in [-0.4, -0.2) is 23.1 Å². The first kappa shape index (κ1) is 12.9. The Balaban J connectivity index is 4.36. The minimum atomic E-state index is -0.858. The molecule has 82 valence electrons. The Morgan fingerprint density at radius 3 is 2.14 bits per heavy atom. The predicted octanol–water partition coefficient (Wildman–Crippen LogP) is 1.68. The summed E-state index contributed by atoms with van der Waals surface area (Å²) in [5.74, 6) is -1.88. The number of aliphatic carboxylic acids is 1. The summed E-state index contributed by atoms with van der Waals surface area (Å²) in [4.78, 5) is 21.4. The number of carboxylic acid groups (broad SMARTS) is 1. The average Bonchev–Trinajstić information content (AvgIpc) is 2.11. The van der Waals surface area contributed by atoms with Gasteiger partial charge >= 0.3 is 11.9 Å². The van der Waals surface area contributed by atoms with Gasteiger partial charge in [-0.25, -0.2) is 0 Å². The molecule has 4 heteroatoms. The summed E-state index contributed by atoms with van der Waals surface area (Å²) in [6, 6.07) is 0. The zero-order chi connectivity index (χ0) is 11.3. The van der Waals surface area contributed by atoms with Crippen molar-refractivity contribution in [2.24, 2.45) is 11.8 Å². The summed E-state index contributed by atoms with van der Waals surface area (Å²) in [6.45, 7) is 6.62. The highest BCUT2D eigenvalue weighted by Crippen LogP contribution is 2.20. The van der Waals surface area contributed by atoms with Gasteiger partial charge in [0.1, 0.15) is 6.10 Å². The van der Waals surface area contributed by atoms with Crippen molar-refractivity contribution in [3.63, 3.8) is 0 Å². The van der Waals surface area contributed by atoms with Crippen LogP contribution in [0.2, 0.25) is 0 Å². The Labute approximate surface area is 84.3 Å². The fourth-order valence-electron chi connectivity index (χ4n) is 1.32. The van der Waals surface area contributed by atoms with Crippen molar-refractivity contribution in [1.29, 1.82) is 0 Å². The van der Waals surface area contributed by atoms with Gasteiger partial charge in [0.15, 0.2) is 0 Å². The molecule has 0 aliphatic carbocycles. The van der Waals surface area contributed by atoms with E-state index in [1.807, 2.05) is 6.92 Å². The molecule has 0 aromatic carbocycles. The zero-order valence-corrected chi connectivity index (χ0v) is 9.11. The highest BCUT2D eigenvalue weighted by molar-refractivity contribution is 5.70. The molecule has 1 N–H and O–H groups in total. The lowest BCUT2D eigenvalue weighted by molar-refractivity contribution is -0.155. The maximum atomic E-state index is 10.7. The summed E-state index contributed by atoms with van der Waals surface area (Å²) in [5.41, 5.74) is 0. The molecule has 0 aliphatic heterocycles. The highest BCUT2D eigenvalue weighted by Gasteiger charge is 2.28. The van der Waals surface area contributed by atoms with Crippen molar-refractivity contribution >= 4 is 11.9 Å². The van der Waals surface area contributed by atoms with E-state index in [0.29, 0.717) is 6.42 Å².